The van der Waals surface area contributed by atoms with Gasteiger partial charge in [-0.05, 0) is 48.9 Å². The molecule has 0 bridgehead atoms. The van der Waals surface area contributed by atoms with Crippen molar-refractivity contribution >= 4 is 44.4 Å². The maximum absolute atomic E-state index is 13.3. The van der Waals surface area contributed by atoms with Crippen LogP contribution in [0.15, 0.2) is 73.3 Å². The minimum Gasteiger partial charge on any atom is -0.422 e. The van der Waals surface area contributed by atoms with E-state index in [0.29, 0.717) is 21.4 Å². The zero-order chi connectivity index (χ0) is 24.2. The van der Waals surface area contributed by atoms with Crippen LogP contribution in [0.5, 0.6) is 0 Å². The number of hydrogen-bond donors (Lipinski definition) is 0. The van der Waals surface area contributed by atoms with Crippen LogP contribution in [0, 0.1) is 0 Å². The number of anilines is 1. The van der Waals surface area contributed by atoms with Crippen molar-refractivity contribution in [2.24, 2.45) is 5.10 Å². The number of hydrogen-bond acceptors (Lipinski definition) is 7. The van der Waals surface area contributed by atoms with Crippen molar-refractivity contribution in [3.05, 3.63) is 91.6 Å². The van der Waals surface area contributed by atoms with Gasteiger partial charge in [0.25, 0.3) is 5.56 Å². The Labute approximate surface area is 209 Å². The number of aromatic nitrogens is 2. The van der Waals surface area contributed by atoms with Gasteiger partial charge in [-0.3, -0.25) is 4.79 Å². The Kier molecular flexibility index (Phi) is 4.89. The van der Waals surface area contributed by atoms with Gasteiger partial charge < -0.3 is 9.32 Å². The molecule has 2 aliphatic rings. The van der Waals surface area contributed by atoms with Crippen LogP contribution in [0.2, 0.25) is 0 Å². The molecule has 5 aromatic rings. The van der Waals surface area contributed by atoms with Crippen LogP contribution < -0.4 is 16.1 Å². The fourth-order valence-electron chi connectivity index (χ4n) is 5.51. The highest BCUT2D eigenvalue weighted by Gasteiger charge is 2.27. The Hall–Kier alpha value is -4.04. The normalized spacial score (nSPS) is 15.2. The van der Waals surface area contributed by atoms with Crippen molar-refractivity contribution in [3.8, 4) is 11.1 Å². The predicted molar refractivity (Wildman–Crippen MR) is 144 cm³/mol. The maximum Gasteiger partial charge on any atom is 0.345 e. The highest BCUT2D eigenvalue weighted by atomic mass is 32.1. The van der Waals surface area contributed by atoms with Crippen molar-refractivity contribution in [2.45, 2.75) is 25.7 Å². The molecule has 0 amide bonds. The number of benzene rings is 2. The van der Waals surface area contributed by atoms with Gasteiger partial charge in [-0.2, -0.15) is 9.78 Å². The third-order valence-electron chi connectivity index (χ3n) is 7.13. The molecular formula is C28H22N4O3S. The van der Waals surface area contributed by atoms with Crippen molar-refractivity contribution in [2.75, 3.05) is 18.0 Å². The van der Waals surface area contributed by atoms with Crippen LogP contribution in [-0.2, 0) is 12.8 Å². The summed E-state index contributed by atoms with van der Waals surface area (Å²) in [6.45, 7) is 2.12. The standard InChI is InChI=1S/C28H22N4O3S/c33-27-23-22(17-6-2-1-3-7-17)15-36-26(23)29-16-32(27)30-14-20-13-19-12-18-8-4-10-31-11-5-9-21(24(18)31)25(19)35-28(20)34/h1-3,6-7,12-16H,4-5,8-11H2. The van der Waals surface area contributed by atoms with Crippen molar-refractivity contribution in [3.63, 3.8) is 0 Å². The Morgan fingerprint density at radius 1 is 1.06 bits per heavy atom. The first kappa shape index (κ1) is 21.3. The highest BCUT2D eigenvalue weighted by Crippen LogP contribution is 2.39. The van der Waals surface area contributed by atoms with Gasteiger partial charge in [-0.1, -0.05) is 30.3 Å². The molecule has 0 N–H and O–H groups in total. The largest absolute Gasteiger partial charge is 0.422 e. The molecule has 0 spiro atoms. The minimum atomic E-state index is -0.460. The van der Waals surface area contributed by atoms with Gasteiger partial charge in [0.2, 0.25) is 0 Å². The van der Waals surface area contributed by atoms with Gasteiger partial charge in [0.1, 0.15) is 16.7 Å². The van der Waals surface area contributed by atoms with Gasteiger partial charge in [-0.15, -0.1) is 11.3 Å². The summed E-state index contributed by atoms with van der Waals surface area (Å²) in [7, 11) is 0. The van der Waals surface area contributed by atoms with Crippen LogP contribution in [0.25, 0.3) is 32.3 Å². The Bertz CT molecular complexity index is 1800. The average Bonchev–Trinajstić information content (AvgIpc) is 3.35. The summed E-state index contributed by atoms with van der Waals surface area (Å²) >= 11 is 1.42. The zero-order valence-corrected chi connectivity index (χ0v) is 20.3. The molecule has 0 aliphatic carbocycles. The van der Waals surface area contributed by atoms with Crippen LogP contribution in [0.1, 0.15) is 29.5 Å². The van der Waals surface area contributed by atoms with E-state index < -0.39 is 5.63 Å². The second-order valence-corrected chi connectivity index (χ2v) is 10.2. The predicted octanol–water partition coefficient (Wildman–Crippen LogP) is 4.81. The molecule has 2 aromatic carbocycles. The Morgan fingerprint density at radius 2 is 1.89 bits per heavy atom. The second kappa shape index (κ2) is 8.27. The molecule has 0 unspecified atom stereocenters. The fraction of sp³-hybridized carbons (Fsp3) is 0.214. The van der Waals surface area contributed by atoms with Crippen LogP contribution in [0.3, 0.4) is 0 Å². The molecule has 7 nitrogen and oxygen atoms in total. The van der Waals surface area contributed by atoms with E-state index in [4.69, 9.17) is 4.42 Å². The maximum atomic E-state index is 13.3. The van der Waals surface area contributed by atoms with E-state index in [2.05, 4.69) is 21.1 Å². The summed E-state index contributed by atoms with van der Waals surface area (Å²) in [6.07, 6.45) is 6.93. The number of fused-ring (bicyclic) bond motifs is 3. The van der Waals surface area contributed by atoms with Gasteiger partial charge in [0.05, 0.1) is 17.2 Å². The molecule has 0 atom stereocenters. The average molecular weight is 495 g/mol. The smallest absolute Gasteiger partial charge is 0.345 e. The third-order valence-corrected chi connectivity index (χ3v) is 8.01. The van der Waals surface area contributed by atoms with Crippen molar-refractivity contribution in [1.82, 2.24) is 9.66 Å². The van der Waals surface area contributed by atoms with Crippen molar-refractivity contribution < 1.29 is 4.42 Å². The highest BCUT2D eigenvalue weighted by molar-refractivity contribution is 7.17. The van der Waals surface area contributed by atoms with Gasteiger partial charge in [-0.25, -0.2) is 9.78 Å². The number of rotatable bonds is 3. The zero-order valence-electron chi connectivity index (χ0n) is 19.4. The lowest BCUT2D eigenvalue weighted by atomic mass is 9.90. The molecule has 7 rings (SSSR count). The first-order valence-electron chi connectivity index (χ1n) is 12.1. The summed E-state index contributed by atoms with van der Waals surface area (Å²) in [4.78, 5) is 33.7. The van der Waals surface area contributed by atoms with Crippen molar-refractivity contribution in [1.29, 1.82) is 0 Å². The summed E-state index contributed by atoms with van der Waals surface area (Å²) in [5, 5.41) is 7.68. The molecule has 0 saturated carbocycles. The van der Waals surface area contributed by atoms with Gasteiger partial charge >= 0.3 is 5.63 Å². The number of aryl methyl sites for hydroxylation is 2. The first-order valence-corrected chi connectivity index (χ1v) is 13.0. The van der Waals surface area contributed by atoms with E-state index in [1.807, 2.05) is 41.8 Å². The van der Waals surface area contributed by atoms with E-state index in [0.717, 1.165) is 60.8 Å². The monoisotopic (exact) mass is 494 g/mol. The molecule has 0 radical (unpaired) electrons. The van der Waals surface area contributed by atoms with Crippen LogP contribution in [0.4, 0.5) is 5.69 Å². The molecule has 8 heteroatoms. The third kappa shape index (κ3) is 3.32. The quantitative estimate of drug-likeness (QED) is 0.266. The summed E-state index contributed by atoms with van der Waals surface area (Å²) in [5.74, 6) is 0. The van der Waals surface area contributed by atoms with E-state index in [9.17, 15) is 9.59 Å². The number of thiophene rings is 1. The molecular weight excluding hydrogens is 472 g/mol. The number of nitrogens with zero attached hydrogens (tertiary/aromatic N) is 4. The topological polar surface area (TPSA) is 80.7 Å². The summed E-state index contributed by atoms with van der Waals surface area (Å²) in [5.41, 5.74) is 5.75. The fourth-order valence-corrected chi connectivity index (χ4v) is 6.42. The Balaban J connectivity index is 1.32. The van der Waals surface area contributed by atoms with Gasteiger partial charge in [0, 0.05) is 40.7 Å². The Morgan fingerprint density at radius 3 is 2.75 bits per heavy atom. The molecule has 0 fully saturated rings. The lowest BCUT2D eigenvalue weighted by molar-refractivity contribution is 0.548. The molecule has 0 saturated heterocycles. The molecule has 2 aliphatic heterocycles. The van der Waals surface area contributed by atoms with Crippen LogP contribution in [-0.4, -0.2) is 29.0 Å². The lowest BCUT2D eigenvalue weighted by Crippen LogP contribution is -2.34. The first-order chi connectivity index (χ1) is 17.7. The van der Waals surface area contributed by atoms with Gasteiger partial charge in [0.15, 0.2) is 0 Å². The van der Waals surface area contributed by atoms with E-state index in [1.54, 1.807) is 0 Å². The van der Waals surface area contributed by atoms with E-state index in [1.165, 1.54) is 39.8 Å². The lowest BCUT2D eigenvalue weighted by Gasteiger charge is -2.37. The van der Waals surface area contributed by atoms with Crippen LogP contribution >= 0.6 is 11.3 Å². The minimum absolute atomic E-state index is 0.278. The molecule has 178 valence electrons. The second-order valence-electron chi connectivity index (χ2n) is 9.30. The molecule has 5 heterocycles. The SMILES string of the molecule is O=c1oc2c3c4c(cc2cc1C=Nn1cnc2scc(-c5ccccc5)c2c1=O)CCCN4CCC3. The molecule has 36 heavy (non-hydrogen) atoms. The summed E-state index contributed by atoms with van der Waals surface area (Å²) < 4.78 is 7.02. The van der Waals surface area contributed by atoms with E-state index in [-0.39, 0.29) is 5.56 Å². The van der Waals surface area contributed by atoms with E-state index >= 15 is 0 Å². The molecule has 3 aromatic heterocycles. The summed E-state index contributed by atoms with van der Waals surface area (Å²) in [6, 6.07) is 13.7.